The minimum atomic E-state index is -4.16. The van der Waals surface area contributed by atoms with E-state index >= 15 is 0 Å². The first-order chi connectivity index (χ1) is 21.1. The molecule has 9 heteroatoms. The normalized spacial score (nSPS) is 11.9. The van der Waals surface area contributed by atoms with E-state index in [4.69, 9.17) is 11.6 Å². The molecule has 0 spiro atoms. The monoisotopic (exact) mass is 631 g/mol. The summed E-state index contributed by atoms with van der Waals surface area (Å²) < 4.78 is 29.5. The van der Waals surface area contributed by atoms with Gasteiger partial charge in [0.05, 0.1) is 10.6 Å². The number of benzene rings is 4. The van der Waals surface area contributed by atoms with Gasteiger partial charge in [-0.2, -0.15) is 0 Å². The van der Waals surface area contributed by atoms with Crippen LogP contribution in [0.15, 0.2) is 108 Å². The van der Waals surface area contributed by atoms with Crippen LogP contribution in [0.4, 0.5) is 5.69 Å². The summed E-state index contributed by atoms with van der Waals surface area (Å²) in [6.45, 7) is 5.57. The number of nitrogens with one attached hydrogen (secondary N) is 1. The van der Waals surface area contributed by atoms with Crippen molar-refractivity contribution in [2.45, 2.75) is 51.1 Å². The molecule has 1 atom stereocenters. The molecule has 44 heavy (non-hydrogen) atoms. The first-order valence-corrected chi connectivity index (χ1v) is 16.4. The molecule has 0 fully saturated rings. The summed E-state index contributed by atoms with van der Waals surface area (Å²) in [5.41, 5.74) is 3.50. The third kappa shape index (κ3) is 8.07. The molecule has 0 bridgehead atoms. The van der Waals surface area contributed by atoms with Crippen molar-refractivity contribution in [2.24, 2.45) is 0 Å². The molecule has 0 saturated carbocycles. The summed E-state index contributed by atoms with van der Waals surface area (Å²) in [6.07, 6.45) is 0.958. The van der Waals surface area contributed by atoms with E-state index in [0.29, 0.717) is 28.4 Å². The Kier molecular flexibility index (Phi) is 11.2. The van der Waals surface area contributed by atoms with E-state index in [1.165, 1.54) is 4.90 Å². The molecule has 0 aromatic heterocycles. The average Bonchev–Trinajstić information content (AvgIpc) is 3.02. The van der Waals surface area contributed by atoms with Crippen LogP contribution >= 0.6 is 11.6 Å². The fourth-order valence-electron chi connectivity index (χ4n) is 4.92. The van der Waals surface area contributed by atoms with E-state index in [1.54, 1.807) is 67.6 Å². The molecule has 7 nitrogen and oxygen atoms in total. The van der Waals surface area contributed by atoms with Gasteiger partial charge in [0, 0.05) is 24.5 Å². The fraction of sp³-hybridized carbons (Fsp3) is 0.257. The van der Waals surface area contributed by atoms with Gasteiger partial charge < -0.3 is 10.2 Å². The van der Waals surface area contributed by atoms with Crippen LogP contribution in [0.25, 0.3) is 0 Å². The van der Waals surface area contributed by atoms with Crippen LogP contribution in [-0.4, -0.2) is 44.3 Å². The predicted molar refractivity (Wildman–Crippen MR) is 176 cm³/mol. The number of halogens is 1. The number of amides is 2. The SMILES string of the molecule is CCCNC(=O)C(Cc1ccccc1)N(Cc1ccccc1Cl)C(=O)CN(c1ccccc1C)S(=O)(=O)c1ccc(C)cc1. The molecule has 0 radical (unpaired) electrons. The Labute approximate surface area is 265 Å². The minimum absolute atomic E-state index is 0.0156. The molecule has 0 saturated heterocycles. The van der Waals surface area contributed by atoms with Gasteiger partial charge in [0.15, 0.2) is 0 Å². The number of hydrogen-bond acceptors (Lipinski definition) is 4. The van der Waals surface area contributed by atoms with Crippen LogP contribution in [0.1, 0.15) is 35.6 Å². The molecule has 0 heterocycles. The summed E-state index contributed by atoms with van der Waals surface area (Å²) in [5, 5.41) is 3.39. The Morgan fingerprint density at radius 2 is 1.48 bits per heavy atom. The molecule has 2 amide bonds. The molecule has 1 unspecified atom stereocenters. The van der Waals surface area contributed by atoms with Crippen LogP contribution in [0.2, 0.25) is 5.02 Å². The third-order valence-corrected chi connectivity index (χ3v) is 9.53. The number of para-hydroxylation sites is 1. The Morgan fingerprint density at radius 1 is 0.841 bits per heavy atom. The molecule has 4 rings (SSSR count). The lowest BCUT2D eigenvalue weighted by Crippen LogP contribution is -2.53. The Morgan fingerprint density at radius 3 is 2.14 bits per heavy atom. The standard InChI is InChI=1S/C35H38ClN3O4S/c1-4-22-37-35(41)33(23-28-13-6-5-7-14-28)38(24-29-15-9-10-16-31(29)36)34(40)25-39(32-17-11-8-12-27(32)3)44(42,43)30-20-18-26(2)19-21-30/h5-21,33H,4,22-25H2,1-3H3,(H,37,41). The minimum Gasteiger partial charge on any atom is -0.354 e. The van der Waals surface area contributed by atoms with Gasteiger partial charge in [0.2, 0.25) is 11.8 Å². The molecule has 0 aliphatic carbocycles. The van der Waals surface area contributed by atoms with Crippen molar-refractivity contribution in [3.63, 3.8) is 0 Å². The van der Waals surface area contributed by atoms with Crippen LogP contribution in [0.3, 0.4) is 0 Å². The van der Waals surface area contributed by atoms with Crippen molar-refractivity contribution in [3.8, 4) is 0 Å². The zero-order valence-corrected chi connectivity index (χ0v) is 26.8. The number of anilines is 1. The van der Waals surface area contributed by atoms with Crippen molar-refractivity contribution < 1.29 is 18.0 Å². The number of carbonyl (C=O) groups is 2. The van der Waals surface area contributed by atoms with Gasteiger partial charge in [-0.15, -0.1) is 0 Å². The van der Waals surface area contributed by atoms with Gasteiger partial charge in [-0.1, -0.05) is 103 Å². The van der Waals surface area contributed by atoms with Crippen LogP contribution in [-0.2, 0) is 32.6 Å². The van der Waals surface area contributed by atoms with Gasteiger partial charge in [-0.05, 0) is 61.2 Å². The molecule has 0 aliphatic rings. The zero-order valence-electron chi connectivity index (χ0n) is 25.2. The number of rotatable bonds is 13. The highest BCUT2D eigenvalue weighted by molar-refractivity contribution is 7.92. The van der Waals surface area contributed by atoms with E-state index < -0.39 is 28.5 Å². The van der Waals surface area contributed by atoms with E-state index in [1.807, 2.05) is 56.3 Å². The number of carbonyl (C=O) groups excluding carboxylic acids is 2. The van der Waals surface area contributed by atoms with E-state index in [-0.39, 0.29) is 23.8 Å². The lowest BCUT2D eigenvalue weighted by molar-refractivity contribution is -0.140. The van der Waals surface area contributed by atoms with Gasteiger partial charge in [-0.25, -0.2) is 8.42 Å². The second-order valence-corrected chi connectivity index (χ2v) is 13.0. The summed E-state index contributed by atoms with van der Waals surface area (Å²) in [4.78, 5) is 29.7. The quantitative estimate of drug-likeness (QED) is 0.187. The summed E-state index contributed by atoms with van der Waals surface area (Å²) in [7, 11) is -4.16. The van der Waals surface area contributed by atoms with Crippen LogP contribution in [0, 0.1) is 13.8 Å². The highest BCUT2D eigenvalue weighted by Crippen LogP contribution is 2.28. The van der Waals surface area contributed by atoms with Crippen LogP contribution in [0.5, 0.6) is 0 Å². The molecule has 1 N–H and O–H groups in total. The highest BCUT2D eigenvalue weighted by atomic mass is 35.5. The van der Waals surface area contributed by atoms with E-state index in [0.717, 1.165) is 21.9 Å². The van der Waals surface area contributed by atoms with Gasteiger partial charge >= 0.3 is 0 Å². The topological polar surface area (TPSA) is 86.8 Å². The summed E-state index contributed by atoms with van der Waals surface area (Å²) >= 11 is 6.54. The lowest BCUT2D eigenvalue weighted by atomic mass is 10.0. The van der Waals surface area contributed by atoms with Crippen molar-refractivity contribution in [1.82, 2.24) is 10.2 Å². The first kappa shape index (κ1) is 32.8. The molecule has 230 valence electrons. The first-order valence-electron chi connectivity index (χ1n) is 14.6. The van der Waals surface area contributed by atoms with Crippen molar-refractivity contribution in [3.05, 3.63) is 130 Å². The Balaban J connectivity index is 1.81. The second-order valence-electron chi connectivity index (χ2n) is 10.7. The zero-order chi connectivity index (χ0) is 31.7. The lowest BCUT2D eigenvalue weighted by Gasteiger charge is -2.34. The second kappa shape index (κ2) is 15.0. The predicted octanol–water partition coefficient (Wildman–Crippen LogP) is 6.32. The van der Waals surface area contributed by atoms with Gasteiger partial charge in [0.25, 0.3) is 10.0 Å². The summed E-state index contributed by atoms with van der Waals surface area (Å²) in [5.74, 6) is -0.851. The van der Waals surface area contributed by atoms with E-state index in [9.17, 15) is 18.0 Å². The maximum absolute atomic E-state index is 14.5. The fourth-order valence-corrected chi connectivity index (χ4v) is 6.60. The number of sulfonamides is 1. The molecule has 4 aromatic carbocycles. The number of aryl methyl sites for hydroxylation is 2. The maximum atomic E-state index is 14.5. The Hall–Kier alpha value is -4.14. The van der Waals surface area contributed by atoms with Crippen molar-refractivity contribution in [1.29, 1.82) is 0 Å². The molecular weight excluding hydrogens is 594 g/mol. The molecule has 0 aliphatic heterocycles. The number of hydrogen-bond donors (Lipinski definition) is 1. The highest BCUT2D eigenvalue weighted by Gasteiger charge is 2.35. The maximum Gasteiger partial charge on any atom is 0.264 e. The molecule has 4 aromatic rings. The third-order valence-electron chi connectivity index (χ3n) is 7.39. The van der Waals surface area contributed by atoms with Crippen molar-refractivity contribution in [2.75, 3.05) is 17.4 Å². The number of nitrogens with zero attached hydrogens (tertiary/aromatic N) is 2. The van der Waals surface area contributed by atoms with Crippen LogP contribution < -0.4 is 9.62 Å². The smallest absolute Gasteiger partial charge is 0.264 e. The van der Waals surface area contributed by atoms with Gasteiger partial charge in [-0.3, -0.25) is 13.9 Å². The molecular formula is C35H38ClN3O4S. The largest absolute Gasteiger partial charge is 0.354 e. The van der Waals surface area contributed by atoms with Gasteiger partial charge in [0.1, 0.15) is 12.6 Å². The van der Waals surface area contributed by atoms with E-state index in [2.05, 4.69) is 5.32 Å². The Bertz CT molecular complexity index is 1680. The summed E-state index contributed by atoms with van der Waals surface area (Å²) in [6, 6.07) is 29.2. The van der Waals surface area contributed by atoms with Crippen molar-refractivity contribution >= 4 is 39.1 Å². The average molecular weight is 632 g/mol.